The fraction of sp³-hybridized carbons (Fsp3) is 0.900. The molecule has 1 unspecified atom stereocenters. The first-order valence-corrected chi connectivity index (χ1v) is 5.05. The second-order valence-corrected chi connectivity index (χ2v) is 3.98. The third-order valence-corrected chi connectivity index (χ3v) is 3.14. The molecule has 0 aromatic heterocycles. The van der Waals surface area contributed by atoms with Crippen molar-refractivity contribution in [2.45, 2.75) is 37.8 Å². The van der Waals surface area contributed by atoms with E-state index in [1.165, 1.54) is 7.11 Å². The molecule has 1 atom stereocenters. The van der Waals surface area contributed by atoms with Crippen molar-refractivity contribution in [1.82, 2.24) is 5.32 Å². The molecule has 90 valence electrons. The molecule has 4 nitrogen and oxygen atoms in total. The number of hydrogen-bond acceptors (Lipinski definition) is 4. The molecule has 0 radical (unpaired) electrons. The Bertz CT molecular complexity index is 213. The van der Waals surface area contributed by atoms with Gasteiger partial charge < -0.3 is 15.2 Å². The maximum Gasteiger partial charge on any atom is 0.308 e. The standard InChI is InChI=1S/C10H19NO3.ClH/c1-4-8(11-2)10(13)5-7(6-10)9(12)14-3;/h7-8,11,13H,4-6H2,1-3H3;1H. The van der Waals surface area contributed by atoms with Crippen LogP contribution < -0.4 is 5.32 Å². The number of aliphatic hydroxyl groups is 1. The minimum atomic E-state index is -0.720. The van der Waals surface area contributed by atoms with Crippen LogP contribution in [0, 0.1) is 5.92 Å². The molecular weight excluding hydrogens is 218 g/mol. The van der Waals surface area contributed by atoms with Gasteiger partial charge in [0, 0.05) is 6.04 Å². The van der Waals surface area contributed by atoms with Crippen LogP contribution in [0.3, 0.4) is 0 Å². The van der Waals surface area contributed by atoms with Gasteiger partial charge in [-0.05, 0) is 26.3 Å². The van der Waals surface area contributed by atoms with Gasteiger partial charge in [0.15, 0.2) is 0 Å². The van der Waals surface area contributed by atoms with Crippen LogP contribution in [-0.4, -0.2) is 36.9 Å². The first-order chi connectivity index (χ1) is 6.57. The molecule has 5 heteroatoms. The zero-order valence-corrected chi connectivity index (χ0v) is 10.3. The average Bonchev–Trinajstić information content (AvgIpc) is 2.14. The largest absolute Gasteiger partial charge is 0.469 e. The zero-order valence-electron chi connectivity index (χ0n) is 9.45. The number of esters is 1. The summed E-state index contributed by atoms with van der Waals surface area (Å²) in [6, 6.07) is 0.0726. The SMILES string of the molecule is CCC(NC)C1(O)CC(C(=O)OC)C1.Cl. The molecule has 0 saturated heterocycles. The van der Waals surface area contributed by atoms with Crippen molar-refractivity contribution in [3.8, 4) is 0 Å². The third kappa shape index (κ3) is 2.83. The predicted molar refractivity (Wildman–Crippen MR) is 60.1 cm³/mol. The highest BCUT2D eigenvalue weighted by molar-refractivity contribution is 5.85. The summed E-state index contributed by atoms with van der Waals surface area (Å²) in [5.41, 5.74) is -0.720. The van der Waals surface area contributed by atoms with E-state index in [0.717, 1.165) is 6.42 Å². The molecule has 1 aliphatic carbocycles. The van der Waals surface area contributed by atoms with E-state index >= 15 is 0 Å². The first kappa shape index (κ1) is 14.7. The Morgan fingerprint density at radius 3 is 2.53 bits per heavy atom. The Morgan fingerprint density at radius 2 is 2.20 bits per heavy atom. The molecule has 1 aliphatic rings. The molecule has 2 N–H and O–H groups in total. The Hall–Kier alpha value is -0.320. The summed E-state index contributed by atoms with van der Waals surface area (Å²) in [5, 5.41) is 13.2. The monoisotopic (exact) mass is 237 g/mol. The van der Waals surface area contributed by atoms with Crippen molar-refractivity contribution in [2.24, 2.45) is 5.92 Å². The lowest BCUT2D eigenvalue weighted by Gasteiger charge is -2.46. The number of rotatable bonds is 4. The van der Waals surface area contributed by atoms with Gasteiger partial charge in [0.2, 0.25) is 0 Å². The Labute approximate surface area is 96.8 Å². The van der Waals surface area contributed by atoms with E-state index < -0.39 is 5.60 Å². The van der Waals surface area contributed by atoms with Gasteiger partial charge in [-0.1, -0.05) is 6.92 Å². The van der Waals surface area contributed by atoms with Crippen molar-refractivity contribution in [1.29, 1.82) is 0 Å². The van der Waals surface area contributed by atoms with Gasteiger partial charge in [0.05, 0.1) is 18.6 Å². The van der Waals surface area contributed by atoms with Crippen LogP contribution in [0.4, 0.5) is 0 Å². The second-order valence-electron chi connectivity index (χ2n) is 3.98. The van der Waals surface area contributed by atoms with Gasteiger partial charge in [-0.2, -0.15) is 0 Å². The van der Waals surface area contributed by atoms with E-state index in [2.05, 4.69) is 10.1 Å². The summed E-state index contributed by atoms with van der Waals surface area (Å²) in [4.78, 5) is 11.1. The molecule has 0 heterocycles. The van der Waals surface area contributed by atoms with Crippen LogP contribution in [0.5, 0.6) is 0 Å². The van der Waals surface area contributed by atoms with E-state index in [1.54, 1.807) is 0 Å². The fourth-order valence-electron chi connectivity index (χ4n) is 2.26. The van der Waals surface area contributed by atoms with Gasteiger partial charge in [0.1, 0.15) is 0 Å². The van der Waals surface area contributed by atoms with Crippen LogP contribution in [0.25, 0.3) is 0 Å². The number of carbonyl (C=O) groups excluding carboxylic acids is 1. The van der Waals surface area contributed by atoms with Crippen LogP contribution >= 0.6 is 12.4 Å². The maximum absolute atomic E-state index is 11.1. The number of methoxy groups -OCH3 is 1. The fourth-order valence-corrected chi connectivity index (χ4v) is 2.26. The number of nitrogens with one attached hydrogen (secondary N) is 1. The zero-order chi connectivity index (χ0) is 10.8. The highest BCUT2D eigenvalue weighted by Gasteiger charge is 2.50. The molecule has 1 saturated carbocycles. The third-order valence-electron chi connectivity index (χ3n) is 3.14. The normalized spacial score (nSPS) is 31.1. The van der Waals surface area contributed by atoms with Crippen molar-refractivity contribution >= 4 is 18.4 Å². The molecular formula is C10H20ClNO3. The van der Waals surface area contributed by atoms with E-state index in [1.807, 2.05) is 14.0 Å². The summed E-state index contributed by atoms with van der Waals surface area (Å²) in [5.74, 6) is -0.326. The highest BCUT2D eigenvalue weighted by Crippen LogP contribution is 2.41. The molecule has 15 heavy (non-hydrogen) atoms. The van der Waals surface area contributed by atoms with Gasteiger partial charge in [-0.25, -0.2) is 0 Å². The van der Waals surface area contributed by atoms with Crippen LogP contribution in [0.15, 0.2) is 0 Å². The Kier molecular flexibility index (Phi) is 5.56. The minimum Gasteiger partial charge on any atom is -0.469 e. The van der Waals surface area contributed by atoms with Crippen molar-refractivity contribution in [3.63, 3.8) is 0 Å². The molecule has 0 spiro atoms. The topological polar surface area (TPSA) is 58.6 Å². The molecule has 0 bridgehead atoms. The van der Waals surface area contributed by atoms with Crippen LogP contribution in [0.1, 0.15) is 26.2 Å². The van der Waals surface area contributed by atoms with E-state index in [9.17, 15) is 9.90 Å². The van der Waals surface area contributed by atoms with Crippen LogP contribution in [-0.2, 0) is 9.53 Å². The molecule has 0 amide bonds. The Morgan fingerprint density at radius 1 is 1.67 bits per heavy atom. The van der Waals surface area contributed by atoms with Gasteiger partial charge in [0.25, 0.3) is 0 Å². The van der Waals surface area contributed by atoms with E-state index in [-0.39, 0.29) is 30.3 Å². The molecule has 1 rings (SSSR count). The minimum absolute atomic E-state index is 0. The van der Waals surface area contributed by atoms with Gasteiger partial charge >= 0.3 is 5.97 Å². The van der Waals surface area contributed by atoms with E-state index in [0.29, 0.717) is 12.8 Å². The average molecular weight is 238 g/mol. The quantitative estimate of drug-likeness (QED) is 0.708. The Balaban J connectivity index is 0.00000196. The van der Waals surface area contributed by atoms with E-state index in [4.69, 9.17) is 0 Å². The summed E-state index contributed by atoms with van der Waals surface area (Å²) in [6.45, 7) is 2.02. The highest BCUT2D eigenvalue weighted by atomic mass is 35.5. The summed E-state index contributed by atoms with van der Waals surface area (Å²) < 4.78 is 4.62. The molecule has 1 fully saturated rings. The number of ether oxygens (including phenoxy) is 1. The van der Waals surface area contributed by atoms with Gasteiger partial charge in [-0.15, -0.1) is 12.4 Å². The van der Waals surface area contributed by atoms with Crippen molar-refractivity contribution in [2.75, 3.05) is 14.2 Å². The van der Waals surface area contributed by atoms with Crippen molar-refractivity contribution < 1.29 is 14.6 Å². The first-order valence-electron chi connectivity index (χ1n) is 5.05. The summed E-state index contributed by atoms with van der Waals surface area (Å²) in [7, 11) is 3.21. The molecule has 0 aromatic carbocycles. The lowest BCUT2D eigenvalue weighted by atomic mass is 9.66. The number of hydrogen-bond donors (Lipinski definition) is 2. The second kappa shape index (κ2) is 5.68. The number of halogens is 1. The number of likely N-dealkylation sites (N-methyl/N-ethyl adjacent to an activating group) is 1. The van der Waals surface area contributed by atoms with Crippen LogP contribution in [0.2, 0.25) is 0 Å². The molecule has 0 aliphatic heterocycles. The summed E-state index contributed by atoms with van der Waals surface area (Å²) >= 11 is 0. The molecule has 0 aromatic rings. The summed E-state index contributed by atoms with van der Waals surface area (Å²) in [6.07, 6.45) is 1.89. The number of carbonyl (C=O) groups is 1. The smallest absolute Gasteiger partial charge is 0.308 e. The lowest BCUT2D eigenvalue weighted by molar-refractivity contribution is -0.165. The lowest BCUT2D eigenvalue weighted by Crippen LogP contribution is -2.59. The predicted octanol–water partition coefficient (Wildman–Crippen LogP) is 0.720. The maximum atomic E-state index is 11.1. The van der Waals surface area contributed by atoms with Crippen molar-refractivity contribution in [3.05, 3.63) is 0 Å². The van der Waals surface area contributed by atoms with Gasteiger partial charge in [-0.3, -0.25) is 4.79 Å².